The van der Waals surface area contributed by atoms with Crippen LogP contribution in [0.1, 0.15) is 44.4 Å². The van der Waals surface area contributed by atoms with Crippen LogP contribution in [0.5, 0.6) is 5.75 Å². The van der Waals surface area contributed by atoms with Crippen molar-refractivity contribution < 1.29 is 14.3 Å². The maximum Gasteiger partial charge on any atom is 0.242 e. The number of halogens is 3. The number of pyridine rings is 2. The fourth-order valence-electron chi connectivity index (χ4n) is 4.52. The summed E-state index contributed by atoms with van der Waals surface area (Å²) in [6, 6.07) is 13.6. The molecule has 0 aliphatic carbocycles. The molecule has 0 fully saturated rings. The summed E-state index contributed by atoms with van der Waals surface area (Å²) in [5.41, 5.74) is 2.53. The summed E-state index contributed by atoms with van der Waals surface area (Å²) in [6.07, 6.45) is 7.96. The van der Waals surface area contributed by atoms with E-state index in [1.165, 1.54) is 0 Å². The van der Waals surface area contributed by atoms with E-state index in [1.807, 2.05) is 49.4 Å². The zero-order chi connectivity index (χ0) is 25.7. The highest BCUT2D eigenvalue weighted by molar-refractivity contribution is 6.20. The number of hydrogen-bond acceptors (Lipinski definition) is 6. The van der Waals surface area contributed by atoms with Gasteiger partial charge in [-0.3, -0.25) is 19.6 Å². The van der Waals surface area contributed by atoms with E-state index in [9.17, 15) is 9.59 Å². The van der Waals surface area contributed by atoms with Gasteiger partial charge in [-0.2, -0.15) is 0 Å². The van der Waals surface area contributed by atoms with Gasteiger partial charge in [0, 0.05) is 44.4 Å². The Kier molecular flexibility index (Phi) is 13.1. The number of hydrogen-bond donors (Lipinski definition) is 1. The van der Waals surface area contributed by atoms with Crippen LogP contribution in [0.3, 0.4) is 0 Å². The summed E-state index contributed by atoms with van der Waals surface area (Å²) >= 11 is 0. The second kappa shape index (κ2) is 15.0. The van der Waals surface area contributed by atoms with Gasteiger partial charge in [0.2, 0.25) is 11.8 Å². The fraction of sp³-hybridized carbons (Fsp3) is 0.357. The van der Waals surface area contributed by atoms with Crippen LogP contribution in [0.15, 0.2) is 67.3 Å². The molecule has 4 rings (SSSR count). The molecular formula is C28H36Cl3N5O3. The molecule has 2 amide bonds. The number of nitrogens with one attached hydrogen (secondary N) is 1. The molecular weight excluding hydrogens is 561 g/mol. The van der Waals surface area contributed by atoms with E-state index in [0.29, 0.717) is 24.6 Å². The third-order valence-corrected chi connectivity index (χ3v) is 6.55. The highest BCUT2D eigenvalue weighted by Crippen LogP contribution is 2.40. The molecule has 0 bridgehead atoms. The normalized spacial score (nSPS) is 14.0. The standard InChI is InChI=1S/C28H33N5O3.3ClH/c1-5-33-23-8-7-22(19-24(23)32(4)26(34)28(2,3)27(33)35)36-18-6-13-31-25(20-9-14-29-15-10-20)21-11-16-30-17-12-21;;;/h7-12,14-17,19,25,31H,5-6,13,18H2,1-4H3;3*1H. The second-order valence-electron chi connectivity index (χ2n) is 9.34. The van der Waals surface area contributed by atoms with Crippen molar-refractivity contribution in [1.82, 2.24) is 15.3 Å². The molecule has 0 unspecified atom stereocenters. The third-order valence-electron chi connectivity index (χ3n) is 6.55. The van der Waals surface area contributed by atoms with Gasteiger partial charge in [0.25, 0.3) is 0 Å². The van der Waals surface area contributed by atoms with E-state index >= 15 is 0 Å². The van der Waals surface area contributed by atoms with Crippen LogP contribution >= 0.6 is 37.2 Å². The number of ether oxygens (including phenoxy) is 1. The van der Waals surface area contributed by atoms with Crippen LogP contribution in [-0.2, 0) is 9.59 Å². The topological polar surface area (TPSA) is 87.7 Å². The lowest BCUT2D eigenvalue weighted by molar-refractivity contribution is -0.137. The molecule has 39 heavy (non-hydrogen) atoms. The van der Waals surface area contributed by atoms with Gasteiger partial charge in [-0.25, -0.2) is 0 Å². The van der Waals surface area contributed by atoms with Crippen molar-refractivity contribution in [2.24, 2.45) is 5.41 Å². The number of aromatic nitrogens is 2. The molecule has 0 saturated heterocycles. The number of amides is 2. The summed E-state index contributed by atoms with van der Waals surface area (Å²) in [6.45, 7) is 7.00. The van der Waals surface area contributed by atoms with Crippen molar-refractivity contribution in [2.45, 2.75) is 33.2 Å². The van der Waals surface area contributed by atoms with Crippen molar-refractivity contribution in [3.05, 3.63) is 78.4 Å². The molecule has 2 aromatic heterocycles. The molecule has 3 heterocycles. The Morgan fingerprint density at radius 1 is 0.872 bits per heavy atom. The van der Waals surface area contributed by atoms with Crippen LogP contribution in [0, 0.1) is 5.41 Å². The quantitative estimate of drug-likeness (QED) is 0.268. The van der Waals surface area contributed by atoms with Crippen molar-refractivity contribution >= 4 is 60.4 Å². The highest BCUT2D eigenvalue weighted by atomic mass is 35.5. The van der Waals surface area contributed by atoms with E-state index in [0.717, 1.165) is 29.8 Å². The predicted molar refractivity (Wildman–Crippen MR) is 162 cm³/mol. The minimum Gasteiger partial charge on any atom is -0.493 e. The van der Waals surface area contributed by atoms with E-state index in [4.69, 9.17) is 4.74 Å². The number of benzene rings is 1. The molecule has 0 spiro atoms. The minimum absolute atomic E-state index is 0. The van der Waals surface area contributed by atoms with Crippen molar-refractivity contribution in [3.8, 4) is 5.75 Å². The van der Waals surface area contributed by atoms with Gasteiger partial charge in [0.1, 0.15) is 11.2 Å². The Morgan fingerprint density at radius 2 is 1.44 bits per heavy atom. The Morgan fingerprint density at radius 3 is 1.97 bits per heavy atom. The van der Waals surface area contributed by atoms with Crippen LogP contribution in [0.2, 0.25) is 0 Å². The number of nitrogens with zero attached hydrogens (tertiary/aromatic N) is 4. The maximum absolute atomic E-state index is 13.0. The van der Waals surface area contributed by atoms with Gasteiger partial charge in [-0.1, -0.05) is 0 Å². The molecule has 1 aromatic carbocycles. The highest BCUT2D eigenvalue weighted by Gasteiger charge is 2.45. The van der Waals surface area contributed by atoms with E-state index < -0.39 is 5.41 Å². The lowest BCUT2D eigenvalue weighted by Crippen LogP contribution is -2.47. The first-order valence-corrected chi connectivity index (χ1v) is 12.2. The second-order valence-corrected chi connectivity index (χ2v) is 9.34. The van der Waals surface area contributed by atoms with E-state index in [1.54, 1.807) is 55.5 Å². The molecule has 0 atom stereocenters. The molecule has 212 valence electrons. The average Bonchev–Trinajstić information content (AvgIpc) is 2.95. The molecule has 11 heteroatoms. The van der Waals surface area contributed by atoms with Gasteiger partial charge < -0.3 is 19.9 Å². The Balaban J connectivity index is 0.00000253. The van der Waals surface area contributed by atoms with E-state index in [2.05, 4.69) is 15.3 Å². The SMILES string of the molecule is CCN1C(=O)C(C)(C)C(=O)N(C)c2cc(OCCCNC(c3ccncc3)c3ccncc3)ccc21.Cl.Cl.Cl. The number of carbonyl (C=O) groups is 2. The summed E-state index contributed by atoms with van der Waals surface area (Å²) < 4.78 is 6.04. The average molecular weight is 597 g/mol. The minimum atomic E-state index is -1.13. The van der Waals surface area contributed by atoms with Gasteiger partial charge in [0.15, 0.2) is 0 Å². The number of rotatable bonds is 9. The Hall–Kier alpha value is -2.91. The molecule has 1 N–H and O–H groups in total. The fourth-order valence-corrected chi connectivity index (χ4v) is 4.52. The van der Waals surface area contributed by atoms with Gasteiger partial charge in [0.05, 0.1) is 24.0 Å². The summed E-state index contributed by atoms with van der Waals surface area (Å²) in [7, 11) is 1.71. The first-order valence-electron chi connectivity index (χ1n) is 12.2. The smallest absolute Gasteiger partial charge is 0.242 e. The summed E-state index contributed by atoms with van der Waals surface area (Å²) in [5, 5.41) is 3.60. The maximum atomic E-state index is 13.0. The van der Waals surface area contributed by atoms with Crippen LogP contribution in [-0.4, -0.2) is 48.5 Å². The molecule has 1 aliphatic heterocycles. The van der Waals surface area contributed by atoms with Crippen molar-refractivity contribution in [3.63, 3.8) is 0 Å². The number of anilines is 2. The van der Waals surface area contributed by atoms with Gasteiger partial charge >= 0.3 is 0 Å². The Labute approximate surface area is 248 Å². The van der Waals surface area contributed by atoms with Crippen LogP contribution < -0.4 is 19.9 Å². The number of fused-ring (bicyclic) bond motifs is 1. The zero-order valence-corrected chi connectivity index (χ0v) is 24.9. The summed E-state index contributed by atoms with van der Waals surface area (Å²) in [5.74, 6) is 0.235. The van der Waals surface area contributed by atoms with Crippen LogP contribution in [0.25, 0.3) is 0 Å². The lowest BCUT2D eigenvalue weighted by Gasteiger charge is -2.27. The Bertz CT molecular complexity index is 1180. The first kappa shape index (κ1) is 34.1. The lowest BCUT2D eigenvalue weighted by atomic mass is 9.90. The van der Waals surface area contributed by atoms with Gasteiger partial charge in [-0.05, 0) is 81.3 Å². The molecule has 8 nitrogen and oxygen atoms in total. The largest absolute Gasteiger partial charge is 0.493 e. The molecule has 3 aromatic rings. The first-order chi connectivity index (χ1) is 17.3. The monoisotopic (exact) mass is 595 g/mol. The number of carbonyl (C=O) groups excluding carboxylic acids is 2. The molecule has 0 radical (unpaired) electrons. The zero-order valence-electron chi connectivity index (χ0n) is 22.5. The van der Waals surface area contributed by atoms with Crippen molar-refractivity contribution in [2.75, 3.05) is 36.5 Å². The molecule has 1 aliphatic rings. The van der Waals surface area contributed by atoms with E-state index in [-0.39, 0.29) is 55.1 Å². The summed E-state index contributed by atoms with van der Waals surface area (Å²) in [4.78, 5) is 37.6. The van der Waals surface area contributed by atoms with Crippen molar-refractivity contribution in [1.29, 1.82) is 0 Å². The predicted octanol–water partition coefficient (Wildman–Crippen LogP) is 5.25. The molecule has 0 saturated carbocycles. The van der Waals surface area contributed by atoms with Gasteiger partial charge in [-0.15, -0.1) is 37.2 Å². The third kappa shape index (κ3) is 7.39. The van der Waals surface area contributed by atoms with Crippen LogP contribution in [0.4, 0.5) is 11.4 Å².